The molecule has 1 rings (SSSR count). The van der Waals surface area contributed by atoms with Crippen LogP contribution in [0.25, 0.3) is 0 Å². The first-order valence-electron chi connectivity index (χ1n) is 4.70. The van der Waals surface area contributed by atoms with Gasteiger partial charge in [-0.1, -0.05) is 12.1 Å². The van der Waals surface area contributed by atoms with Crippen LogP contribution in [0.3, 0.4) is 0 Å². The molecule has 0 heterocycles. The zero-order chi connectivity index (χ0) is 14.1. The summed E-state index contributed by atoms with van der Waals surface area (Å²) in [6, 6.07) is 0.199. The lowest BCUT2D eigenvalue weighted by Gasteiger charge is -2.17. The molecule has 0 aliphatic heterocycles. The van der Waals surface area contributed by atoms with Gasteiger partial charge in [0.1, 0.15) is 5.82 Å². The second-order valence-electron chi connectivity index (χ2n) is 3.63. The predicted octanol–water partition coefficient (Wildman–Crippen LogP) is 4.22. The van der Waals surface area contributed by atoms with Gasteiger partial charge in [0.25, 0.3) is 0 Å². The average Bonchev–Trinajstić information content (AvgIpc) is 2.12. The van der Waals surface area contributed by atoms with Gasteiger partial charge in [-0.15, -0.1) is 12.4 Å². The van der Waals surface area contributed by atoms with Gasteiger partial charge in [0.2, 0.25) is 0 Å². The first-order chi connectivity index (χ1) is 8.02. The number of alkyl halides is 6. The molecule has 0 aromatic heterocycles. The maximum Gasteiger partial charge on any atom is 0.419 e. The largest absolute Gasteiger partial charge is 0.419 e. The SMILES string of the molecule is Cl.N[C@H](CC(F)(F)F)c1cccc(C(F)(F)F)c1F. The molecule has 1 aromatic rings. The van der Waals surface area contributed by atoms with Gasteiger partial charge in [0.15, 0.2) is 0 Å². The van der Waals surface area contributed by atoms with Crippen molar-refractivity contribution in [2.24, 2.45) is 5.73 Å². The third kappa shape index (κ3) is 4.87. The molecular weight excluding hydrogens is 303 g/mol. The van der Waals surface area contributed by atoms with E-state index in [1.54, 1.807) is 0 Å². The van der Waals surface area contributed by atoms with E-state index in [1.165, 1.54) is 0 Å². The van der Waals surface area contributed by atoms with Crippen molar-refractivity contribution < 1.29 is 30.7 Å². The molecule has 0 aliphatic rings. The lowest BCUT2D eigenvalue weighted by Crippen LogP contribution is -2.22. The van der Waals surface area contributed by atoms with E-state index in [0.717, 1.165) is 12.1 Å². The molecule has 0 bridgehead atoms. The Bertz CT molecular complexity index is 427. The van der Waals surface area contributed by atoms with E-state index < -0.39 is 41.8 Å². The topological polar surface area (TPSA) is 26.0 Å². The van der Waals surface area contributed by atoms with E-state index in [9.17, 15) is 30.7 Å². The maximum absolute atomic E-state index is 13.4. The zero-order valence-corrected chi connectivity index (χ0v) is 9.96. The standard InChI is InChI=1S/C10H8F7N.ClH/c11-8-5(7(18)4-9(12,13)14)2-1-3-6(8)10(15,16)17;/h1-3,7H,4,18H2;1H/t7-;/m1./s1. The number of hydrogen-bond acceptors (Lipinski definition) is 1. The Morgan fingerprint density at radius 2 is 1.58 bits per heavy atom. The normalized spacial score (nSPS) is 13.9. The highest BCUT2D eigenvalue weighted by Gasteiger charge is 2.37. The van der Waals surface area contributed by atoms with Crippen molar-refractivity contribution in [3.05, 3.63) is 35.1 Å². The van der Waals surface area contributed by atoms with Gasteiger partial charge < -0.3 is 5.73 Å². The summed E-state index contributed by atoms with van der Waals surface area (Å²) in [5.41, 5.74) is 2.64. The Balaban J connectivity index is 0.00000324. The highest BCUT2D eigenvalue weighted by molar-refractivity contribution is 5.85. The third-order valence-electron chi connectivity index (χ3n) is 2.18. The van der Waals surface area contributed by atoms with Crippen LogP contribution in [0, 0.1) is 5.82 Å². The second kappa shape index (κ2) is 5.96. The number of nitrogens with two attached hydrogens (primary N) is 1. The first-order valence-corrected chi connectivity index (χ1v) is 4.70. The highest BCUT2D eigenvalue weighted by atomic mass is 35.5. The average molecular weight is 312 g/mol. The quantitative estimate of drug-likeness (QED) is 0.813. The second-order valence-corrected chi connectivity index (χ2v) is 3.63. The Morgan fingerprint density at radius 1 is 1.05 bits per heavy atom. The van der Waals surface area contributed by atoms with Crippen LogP contribution in [0.2, 0.25) is 0 Å². The molecule has 2 N–H and O–H groups in total. The summed E-state index contributed by atoms with van der Waals surface area (Å²) in [4.78, 5) is 0. The first kappa shape index (κ1) is 18.0. The van der Waals surface area contributed by atoms with Gasteiger partial charge >= 0.3 is 12.4 Å². The van der Waals surface area contributed by atoms with Crippen molar-refractivity contribution in [2.45, 2.75) is 24.8 Å². The molecule has 110 valence electrons. The van der Waals surface area contributed by atoms with Crippen LogP contribution in [0.15, 0.2) is 18.2 Å². The number of hydrogen-bond donors (Lipinski definition) is 1. The molecule has 0 amide bonds. The van der Waals surface area contributed by atoms with Crippen LogP contribution in [0.1, 0.15) is 23.6 Å². The Labute approximate surface area is 110 Å². The van der Waals surface area contributed by atoms with Crippen LogP contribution in [-0.2, 0) is 6.18 Å². The Hall–Kier alpha value is -1.02. The summed E-state index contributed by atoms with van der Waals surface area (Å²) in [5, 5.41) is 0. The van der Waals surface area contributed by atoms with Crippen molar-refractivity contribution in [3.8, 4) is 0 Å². The monoisotopic (exact) mass is 311 g/mol. The summed E-state index contributed by atoms with van der Waals surface area (Å²) in [6.45, 7) is 0. The van der Waals surface area contributed by atoms with Gasteiger partial charge in [-0.05, 0) is 6.07 Å². The minimum Gasteiger partial charge on any atom is -0.324 e. The smallest absolute Gasteiger partial charge is 0.324 e. The third-order valence-corrected chi connectivity index (χ3v) is 2.18. The summed E-state index contributed by atoms with van der Waals surface area (Å²) in [7, 11) is 0. The van der Waals surface area contributed by atoms with Gasteiger partial charge in [-0.25, -0.2) is 4.39 Å². The van der Waals surface area contributed by atoms with Crippen molar-refractivity contribution >= 4 is 12.4 Å². The van der Waals surface area contributed by atoms with Crippen molar-refractivity contribution in [2.75, 3.05) is 0 Å². The summed E-state index contributed by atoms with van der Waals surface area (Å²) < 4.78 is 86.5. The lowest BCUT2D eigenvalue weighted by atomic mass is 10.0. The molecule has 0 aliphatic carbocycles. The Kier molecular flexibility index (Phi) is 5.64. The molecule has 19 heavy (non-hydrogen) atoms. The van der Waals surface area contributed by atoms with E-state index in [0.29, 0.717) is 6.07 Å². The van der Waals surface area contributed by atoms with Gasteiger partial charge in [-0.3, -0.25) is 0 Å². The van der Waals surface area contributed by atoms with Crippen LogP contribution < -0.4 is 5.73 Å². The van der Waals surface area contributed by atoms with E-state index in [4.69, 9.17) is 5.73 Å². The van der Waals surface area contributed by atoms with Crippen molar-refractivity contribution in [3.63, 3.8) is 0 Å². The fourth-order valence-electron chi connectivity index (χ4n) is 1.41. The molecule has 0 radical (unpaired) electrons. The maximum atomic E-state index is 13.4. The zero-order valence-electron chi connectivity index (χ0n) is 9.15. The molecular formula is C10H9ClF7N. The van der Waals surface area contributed by atoms with Crippen LogP contribution in [0.5, 0.6) is 0 Å². The molecule has 0 spiro atoms. The lowest BCUT2D eigenvalue weighted by molar-refractivity contribution is -0.140. The van der Waals surface area contributed by atoms with E-state index in [1.807, 2.05) is 0 Å². The number of halogens is 8. The van der Waals surface area contributed by atoms with Crippen LogP contribution >= 0.6 is 12.4 Å². The van der Waals surface area contributed by atoms with Crippen LogP contribution in [0.4, 0.5) is 30.7 Å². The number of rotatable bonds is 2. The summed E-state index contributed by atoms with van der Waals surface area (Å²) in [5.74, 6) is -1.76. The molecule has 0 saturated heterocycles. The molecule has 1 nitrogen and oxygen atoms in total. The Morgan fingerprint density at radius 3 is 2.00 bits per heavy atom. The van der Waals surface area contributed by atoms with Gasteiger partial charge in [0.05, 0.1) is 12.0 Å². The van der Waals surface area contributed by atoms with Crippen molar-refractivity contribution in [1.82, 2.24) is 0 Å². The summed E-state index contributed by atoms with van der Waals surface area (Å²) in [6.07, 6.45) is -11.2. The molecule has 9 heteroatoms. The van der Waals surface area contributed by atoms with Gasteiger partial charge in [-0.2, -0.15) is 26.3 Å². The number of benzene rings is 1. The fourth-order valence-corrected chi connectivity index (χ4v) is 1.41. The summed E-state index contributed by atoms with van der Waals surface area (Å²) >= 11 is 0. The van der Waals surface area contributed by atoms with E-state index in [2.05, 4.69) is 0 Å². The molecule has 0 saturated carbocycles. The van der Waals surface area contributed by atoms with Crippen molar-refractivity contribution in [1.29, 1.82) is 0 Å². The highest BCUT2D eigenvalue weighted by Crippen LogP contribution is 2.35. The van der Waals surface area contributed by atoms with E-state index in [-0.39, 0.29) is 12.4 Å². The minimum atomic E-state index is -4.97. The van der Waals surface area contributed by atoms with E-state index >= 15 is 0 Å². The minimum absolute atomic E-state index is 0. The predicted molar refractivity (Wildman–Crippen MR) is 56.3 cm³/mol. The fraction of sp³-hybridized carbons (Fsp3) is 0.400. The molecule has 1 aromatic carbocycles. The molecule has 1 atom stereocenters. The van der Waals surface area contributed by atoms with Crippen LogP contribution in [-0.4, -0.2) is 6.18 Å². The molecule has 0 fully saturated rings. The molecule has 0 unspecified atom stereocenters. The van der Waals surface area contributed by atoms with Gasteiger partial charge in [0, 0.05) is 11.6 Å².